The summed E-state index contributed by atoms with van der Waals surface area (Å²) in [5.74, 6) is 1.20. The molecule has 0 spiro atoms. The fraction of sp³-hybridized carbons (Fsp3) is 0.500. The molecule has 0 radical (unpaired) electrons. The molecule has 0 fully saturated rings. The predicted molar refractivity (Wildman–Crippen MR) is 47.4 cm³/mol. The lowest BCUT2D eigenvalue weighted by Crippen LogP contribution is -1.72. The van der Waals surface area contributed by atoms with Crippen molar-refractivity contribution in [3.63, 3.8) is 0 Å². The highest BCUT2D eigenvalue weighted by Crippen LogP contribution is 1.97. The third kappa shape index (κ3) is 7.95. The van der Waals surface area contributed by atoms with Crippen LogP contribution in [0.1, 0.15) is 0 Å². The minimum absolute atomic E-state index is 0.601. The highest BCUT2D eigenvalue weighted by molar-refractivity contribution is 7.99. The summed E-state index contributed by atoms with van der Waals surface area (Å²) < 4.78 is 0. The van der Waals surface area contributed by atoms with Crippen LogP contribution in [0.15, 0.2) is 9.98 Å². The van der Waals surface area contributed by atoms with Gasteiger partial charge in [-0.05, 0) is 24.4 Å². The Morgan fingerprint density at radius 3 is 1.89 bits per heavy atom. The van der Waals surface area contributed by atoms with Gasteiger partial charge in [0.05, 0.1) is 22.1 Å². The van der Waals surface area contributed by atoms with Gasteiger partial charge in [0.1, 0.15) is 0 Å². The van der Waals surface area contributed by atoms with Crippen molar-refractivity contribution in [1.29, 1.82) is 0 Å². The highest BCUT2D eigenvalue weighted by atomic mass is 32.2. The topological polar surface area (TPSA) is 24.7 Å². The molecule has 0 saturated heterocycles. The molecule has 9 heavy (non-hydrogen) atoms. The van der Waals surface area contributed by atoms with Gasteiger partial charge in [0.25, 0.3) is 0 Å². The van der Waals surface area contributed by atoms with Crippen LogP contribution in [0.5, 0.6) is 0 Å². The summed E-state index contributed by atoms with van der Waals surface area (Å²) in [6, 6.07) is 0. The molecular weight excluding hydrogens is 172 g/mol. The molecule has 0 aliphatic rings. The van der Waals surface area contributed by atoms with Gasteiger partial charge in [-0.3, -0.25) is 0 Å². The number of rotatable bonds is 4. The van der Waals surface area contributed by atoms with E-state index in [-0.39, 0.29) is 0 Å². The van der Waals surface area contributed by atoms with Gasteiger partial charge in [-0.15, -0.1) is 11.8 Å². The molecule has 0 heterocycles. The number of hydrogen-bond acceptors (Lipinski definition) is 5. The van der Waals surface area contributed by atoms with E-state index in [1.165, 1.54) is 11.8 Å². The Morgan fingerprint density at radius 1 is 1.11 bits per heavy atom. The number of aliphatic imine (C=N–C) groups is 2. The molecule has 5 heteroatoms. The first-order valence-electron chi connectivity index (χ1n) is 2.07. The van der Waals surface area contributed by atoms with E-state index in [2.05, 4.69) is 44.7 Å². The molecule has 0 saturated carbocycles. The Kier molecular flexibility index (Phi) is 7.91. The SMILES string of the molecule is S=C=NCSCN=C=S. The lowest BCUT2D eigenvalue weighted by Gasteiger charge is -1.83. The van der Waals surface area contributed by atoms with Gasteiger partial charge in [0.15, 0.2) is 0 Å². The number of hydrogen-bond donors (Lipinski definition) is 0. The van der Waals surface area contributed by atoms with Crippen LogP contribution in [0.25, 0.3) is 0 Å². The smallest absolute Gasteiger partial charge is 0.0965 e. The molecule has 0 aromatic carbocycles. The Bertz CT molecular complexity index is 137. The van der Waals surface area contributed by atoms with E-state index in [4.69, 9.17) is 0 Å². The third-order valence-electron chi connectivity index (χ3n) is 0.441. The summed E-state index contributed by atoms with van der Waals surface area (Å²) >= 11 is 10.2. The van der Waals surface area contributed by atoms with Crippen LogP contribution in [-0.2, 0) is 0 Å². The molecule has 0 aliphatic carbocycles. The Hall–Kier alpha value is -0.0500. The minimum Gasteiger partial charge on any atom is -0.221 e. The molecule has 0 atom stereocenters. The van der Waals surface area contributed by atoms with Crippen molar-refractivity contribution in [1.82, 2.24) is 0 Å². The normalized spacial score (nSPS) is 7.11. The quantitative estimate of drug-likeness (QED) is 0.371. The summed E-state index contributed by atoms with van der Waals surface area (Å²) in [5.41, 5.74) is 0. The summed E-state index contributed by atoms with van der Waals surface area (Å²) in [4.78, 5) is 7.30. The van der Waals surface area contributed by atoms with Crippen LogP contribution in [0.2, 0.25) is 0 Å². The summed E-state index contributed by atoms with van der Waals surface area (Å²) in [6.07, 6.45) is 0. The van der Waals surface area contributed by atoms with Crippen LogP contribution >= 0.6 is 36.2 Å². The summed E-state index contributed by atoms with van der Waals surface area (Å²) in [5, 5.41) is 4.49. The number of thioether (sulfide) groups is 1. The van der Waals surface area contributed by atoms with Crippen molar-refractivity contribution in [2.45, 2.75) is 0 Å². The second-order valence-electron chi connectivity index (χ2n) is 0.961. The van der Waals surface area contributed by atoms with E-state index >= 15 is 0 Å². The fourth-order valence-electron chi connectivity index (χ4n) is 0.185. The maximum atomic E-state index is 4.33. The van der Waals surface area contributed by atoms with Gasteiger partial charge in [-0.25, -0.2) is 9.98 Å². The van der Waals surface area contributed by atoms with Crippen molar-refractivity contribution in [2.24, 2.45) is 9.98 Å². The van der Waals surface area contributed by atoms with E-state index in [1.54, 1.807) is 0 Å². The fourth-order valence-corrected chi connectivity index (χ4v) is 0.871. The van der Waals surface area contributed by atoms with Crippen molar-refractivity contribution in [3.05, 3.63) is 0 Å². The third-order valence-corrected chi connectivity index (χ3v) is 1.32. The molecule has 0 bridgehead atoms. The molecule has 2 nitrogen and oxygen atoms in total. The first-order valence-corrected chi connectivity index (χ1v) is 4.04. The zero-order valence-electron chi connectivity index (χ0n) is 4.53. The first kappa shape index (κ1) is 8.95. The van der Waals surface area contributed by atoms with Gasteiger partial charge in [-0.1, -0.05) is 0 Å². The molecular formula is C4H4N2S3. The van der Waals surface area contributed by atoms with Crippen molar-refractivity contribution in [2.75, 3.05) is 11.8 Å². The second kappa shape index (κ2) is 7.95. The molecule has 0 rings (SSSR count). The van der Waals surface area contributed by atoms with E-state index < -0.39 is 0 Å². The van der Waals surface area contributed by atoms with Gasteiger partial charge < -0.3 is 0 Å². The number of thiocarbonyl (C=S) groups is 2. The number of nitrogens with zero attached hydrogens (tertiary/aromatic N) is 2. The molecule has 0 unspecified atom stereocenters. The summed E-state index contributed by atoms with van der Waals surface area (Å²) in [6.45, 7) is 0. The molecule has 0 amide bonds. The second-order valence-corrected chi connectivity index (χ2v) is 2.25. The van der Waals surface area contributed by atoms with Crippen LogP contribution in [0.3, 0.4) is 0 Å². The average molecular weight is 176 g/mol. The maximum Gasteiger partial charge on any atom is 0.0965 e. The average Bonchev–Trinajstić information content (AvgIpc) is 1.89. The lowest BCUT2D eigenvalue weighted by molar-refractivity contribution is 1.36. The van der Waals surface area contributed by atoms with Gasteiger partial charge in [0, 0.05) is 0 Å². The van der Waals surface area contributed by atoms with Gasteiger partial charge in [-0.2, -0.15) is 0 Å². The standard InChI is InChI=1S/C4H4N2S3/c7-1-5-3-9-4-6-2-8/h3-4H2. The molecule has 0 aliphatic heterocycles. The zero-order chi connectivity index (χ0) is 6.95. The van der Waals surface area contributed by atoms with E-state index in [0.29, 0.717) is 11.8 Å². The van der Waals surface area contributed by atoms with Crippen molar-refractivity contribution >= 4 is 46.5 Å². The maximum absolute atomic E-state index is 4.33. The molecule has 0 N–H and O–H groups in total. The van der Waals surface area contributed by atoms with E-state index in [0.717, 1.165) is 0 Å². The van der Waals surface area contributed by atoms with Crippen LogP contribution in [0.4, 0.5) is 0 Å². The molecule has 0 aromatic heterocycles. The van der Waals surface area contributed by atoms with Crippen LogP contribution in [-0.4, -0.2) is 22.1 Å². The Balaban J connectivity index is 3.09. The van der Waals surface area contributed by atoms with Gasteiger partial charge in [0.2, 0.25) is 0 Å². The largest absolute Gasteiger partial charge is 0.221 e. The Labute approximate surface area is 68.5 Å². The highest BCUT2D eigenvalue weighted by Gasteiger charge is 1.77. The predicted octanol–water partition coefficient (Wildman–Crippen LogP) is 1.84. The molecule has 0 aromatic rings. The van der Waals surface area contributed by atoms with Crippen molar-refractivity contribution < 1.29 is 0 Å². The van der Waals surface area contributed by atoms with Gasteiger partial charge >= 0.3 is 0 Å². The summed E-state index contributed by atoms with van der Waals surface area (Å²) in [7, 11) is 0. The number of isothiocyanates is 2. The Morgan fingerprint density at radius 2 is 1.56 bits per heavy atom. The molecule has 48 valence electrons. The zero-order valence-corrected chi connectivity index (χ0v) is 6.98. The van der Waals surface area contributed by atoms with E-state index in [9.17, 15) is 0 Å². The minimum atomic E-state index is 0.601. The van der Waals surface area contributed by atoms with Crippen LogP contribution in [0, 0.1) is 0 Å². The van der Waals surface area contributed by atoms with Crippen molar-refractivity contribution in [3.8, 4) is 0 Å². The van der Waals surface area contributed by atoms with Crippen LogP contribution < -0.4 is 0 Å². The lowest BCUT2D eigenvalue weighted by atomic mass is 11.4. The monoisotopic (exact) mass is 176 g/mol. The first-order chi connectivity index (χ1) is 4.41. The van der Waals surface area contributed by atoms with E-state index in [1.807, 2.05) is 0 Å².